The smallest absolute Gasteiger partial charge is 2.00 e. The summed E-state index contributed by atoms with van der Waals surface area (Å²) in [6, 6.07) is 0. The van der Waals surface area contributed by atoms with Crippen molar-refractivity contribution >= 4 is 40.5 Å². The fourth-order valence-electron chi connectivity index (χ4n) is 0. The summed E-state index contributed by atoms with van der Waals surface area (Å²) in [5, 5.41) is 0. The summed E-state index contributed by atoms with van der Waals surface area (Å²) in [7, 11) is 0. The van der Waals surface area contributed by atoms with E-state index in [9.17, 15) is 0 Å². The fourth-order valence-corrected chi connectivity index (χ4v) is 0. The largest absolute Gasteiger partial charge is 2.00 e. The first-order valence-electron chi connectivity index (χ1n) is 0. The van der Waals surface area contributed by atoms with Crippen LogP contribution in [0.25, 0.3) is 0 Å². The molecule has 0 bridgehead atoms. The third kappa shape index (κ3) is 9.02. The van der Waals surface area contributed by atoms with Crippen molar-refractivity contribution in [3.63, 3.8) is 0 Å². The number of hydrogen-bond donors (Lipinski definition) is 0. The van der Waals surface area contributed by atoms with E-state index in [1.54, 1.807) is 0 Å². The van der Waals surface area contributed by atoms with Crippen molar-refractivity contribution < 1.29 is 27.3 Å². The van der Waals surface area contributed by atoms with Gasteiger partial charge in [0.25, 0.3) is 0 Å². The Hall–Kier alpha value is 1.97. The van der Waals surface area contributed by atoms with Crippen molar-refractivity contribution in [2.24, 2.45) is 0 Å². The SMILES string of the molecule is S.S.[Cd+2].[S-2]. The second kappa shape index (κ2) is 20.2. The van der Waals surface area contributed by atoms with E-state index in [4.69, 9.17) is 0 Å². The zero-order chi connectivity index (χ0) is 0. The molecule has 0 rings (SSSR count). The van der Waals surface area contributed by atoms with E-state index in [-0.39, 0.29) is 67.8 Å². The van der Waals surface area contributed by atoms with Gasteiger partial charge in [0, 0.05) is 0 Å². The van der Waals surface area contributed by atoms with Crippen LogP contribution in [0.5, 0.6) is 0 Å². The molecule has 0 heterocycles. The van der Waals surface area contributed by atoms with Crippen LogP contribution >= 0.6 is 27.0 Å². The standard InChI is InChI=1S/Cd.2H2S.S/h;2*1H2;/q+2;;;-2. The van der Waals surface area contributed by atoms with E-state index < -0.39 is 0 Å². The van der Waals surface area contributed by atoms with E-state index in [0.29, 0.717) is 0 Å². The molecule has 0 atom stereocenters. The molecular formula is H4CdS3. The zero-order valence-corrected chi connectivity index (χ0v) is 8.97. The van der Waals surface area contributed by atoms with Crippen LogP contribution in [0.1, 0.15) is 0 Å². The van der Waals surface area contributed by atoms with E-state index >= 15 is 0 Å². The Morgan fingerprint density at radius 1 is 0.750 bits per heavy atom. The molecule has 0 aromatic rings. The summed E-state index contributed by atoms with van der Waals surface area (Å²) in [4.78, 5) is 0. The zero-order valence-electron chi connectivity index (χ0n) is 2.12. The molecule has 0 unspecified atom stereocenters. The molecule has 0 aliphatic carbocycles. The van der Waals surface area contributed by atoms with Crippen LogP contribution in [-0.4, -0.2) is 0 Å². The average Bonchev–Trinajstić information content (AvgIpc) is 0. The van der Waals surface area contributed by atoms with Gasteiger partial charge in [-0.15, -0.1) is 0 Å². The van der Waals surface area contributed by atoms with E-state index in [0.717, 1.165) is 0 Å². The normalized spacial score (nSPS) is 0. The molecule has 0 spiro atoms. The molecule has 0 aliphatic rings. The first-order chi connectivity index (χ1) is 0. The molecule has 24 valence electrons. The molecule has 0 N–H and O–H groups in total. The van der Waals surface area contributed by atoms with Gasteiger partial charge in [0.15, 0.2) is 0 Å². The minimum absolute atomic E-state index is 0. The van der Waals surface area contributed by atoms with Crippen molar-refractivity contribution in [2.75, 3.05) is 0 Å². The molecule has 0 aromatic heterocycles. The van der Waals surface area contributed by atoms with Crippen molar-refractivity contribution in [3.05, 3.63) is 0 Å². The fraction of sp³-hybridized carbons (Fsp3) is 0. The molecule has 0 aromatic carbocycles. The van der Waals surface area contributed by atoms with E-state index in [1.807, 2.05) is 0 Å². The van der Waals surface area contributed by atoms with Gasteiger partial charge in [-0.1, -0.05) is 0 Å². The van der Waals surface area contributed by atoms with Crippen molar-refractivity contribution in [1.82, 2.24) is 0 Å². The van der Waals surface area contributed by atoms with Gasteiger partial charge in [0.2, 0.25) is 0 Å². The molecule has 0 aliphatic heterocycles. The van der Waals surface area contributed by atoms with Gasteiger partial charge < -0.3 is 13.5 Å². The van der Waals surface area contributed by atoms with Crippen LogP contribution in [0.3, 0.4) is 0 Å². The second-order valence-electron chi connectivity index (χ2n) is 0. The quantitative estimate of drug-likeness (QED) is 0.504. The van der Waals surface area contributed by atoms with Gasteiger partial charge >= 0.3 is 27.3 Å². The van der Waals surface area contributed by atoms with Crippen molar-refractivity contribution in [1.29, 1.82) is 0 Å². The van der Waals surface area contributed by atoms with E-state index in [1.165, 1.54) is 0 Å². The summed E-state index contributed by atoms with van der Waals surface area (Å²) < 4.78 is 0. The summed E-state index contributed by atoms with van der Waals surface area (Å²) in [5.74, 6) is 0. The Kier molecular flexibility index (Phi) is 191. The molecule has 0 amide bonds. The average molecular weight is 213 g/mol. The maximum absolute atomic E-state index is 0. The Labute approximate surface area is 67.2 Å². The Morgan fingerprint density at radius 3 is 0.750 bits per heavy atom. The topological polar surface area (TPSA) is 0 Å². The molecule has 0 saturated heterocycles. The van der Waals surface area contributed by atoms with Crippen LogP contribution in [-0.2, 0) is 40.8 Å². The van der Waals surface area contributed by atoms with Crippen LogP contribution < -0.4 is 0 Å². The molecule has 0 nitrogen and oxygen atoms in total. The van der Waals surface area contributed by atoms with Gasteiger partial charge in [0.1, 0.15) is 0 Å². The third-order valence-corrected chi connectivity index (χ3v) is 0. The number of hydrogen-bond acceptors (Lipinski definition) is 0. The maximum atomic E-state index is 0. The first kappa shape index (κ1) is 38.0. The molecule has 4 heteroatoms. The Morgan fingerprint density at radius 2 is 0.750 bits per heavy atom. The predicted molar refractivity (Wildman–Crippen MR) is 28.1 cm³/mol. The van der Waals surface area contributed by atoms with Crippen LogP contribution in [0.4, 0.5) is 0 Å². The van der Waals surface area contributed by atoms with E-state index in [2.05, 4.69) is 0 Å². The van der Waals surface area contributed by atoms with Crippen LogP contribution in [0, 0.1) is 0 Å². The summed E-state index contributed by atoms with van der Waals surface area (Å²) in [6.45, 7) is 0. The van der Waals surface area contributed by atoms with Gasteiger partial charge in [-0.2, -0.15) is 27.0 Å². The monoisotopic (exact) mass is 214 g/mol. The van der Waals surface area contributed by atoms with Gasteiger partial charge in [-0.05, 0) is 0 Å². The van der Waals surface area contributed by atoms with Gasteiger partial charge in [0.05, 0.1) is 0 Å². The van der Waals surface area contributed by atoms with Gasteiger partial charge in [-0.25, -0.2) is 0 Å². The summed E-state index contributed by atoms with van der Waals surface area (Å²) in [6.07, 6.45) is 0. The molecule has 0 fully saturated rings. The number of rotatable bonds is 0. The predicted octanol–water partition coefficient (Wildman–Crippen LogP) is 0.221. The second-order valence-corrected chi connectivity index (χ2v) is 0. The minimum Gasteiger partial charge on any atom is -2.00 e. The van der Waals surface area contributed by atoms with Crippen molar-refractivity contribution in [2.45, 2.75) is 0 Å². The Balaban J connectivity index is 0. The molecular weight excluding hydrogens is 209 g/mol. The van der Waals surface area contributed by atoms with Crippen LogP contribution in [0.15, 0.2) is 0 Å². The summed E-state index contributed by atoms with van der Waals surface area (Å²) >= 11 is 0. The minimum atomic E-state index is 0. The Bertz CT molecular complexity index is 3.25. The first-order valence-corrected chi connectivity index (χ1v) is 0. The summed E-state index contributed by atoms with van der Waals surface area (Å²) in [5.41, 5.74) is 0. The van der Waals surface area contributed by atoms with Crippen LogP contribution in [0.2, 0.25) is 0 Å². The molecule has 4 heavy (non-hydrogen) atoms. The molecule has 0 radical (unpaired) electrons. The van der Waals surface area contributed by atoms with Crippen molar-refractivity contribution in [3.8, 4) is 0 Å². The van der Waals surface area contributed by atoms with Gasteiger partial charge in [-0.3, -0.25) is 0 Å². The third-order valence-electron chi connectivity index (χ3n) is 0. The molecule has 0 saturated carbocycles. The maximum Gasteiger partial charge on any atom is 2.00 e.